The molecular formula is C19H26F3N3O. The molecule has 26 heavy (non-hydrogen) atoms. The normalized spacial score (nSPS) is 20.2. The quantitative estimate of drug-likeness (QED) is 0.878. The van der Waals surface area contributed by atoms with Gasteiger partial charge in [-0.05, 0) is 24.5 Å². The van der Waals surface area contributed by atoms with E-state index >= 15 is 0 Å². The molecule has 1 aromatic rings. The van der Waals surface area contributed by atoms with Crippen molar-refractivity contribution in [1.82, 2.24) is 15.1 Å². The summed E-state index contributed by atoms with van der Waals surface area (Å²) in [5, 5.41) is 3.12. The van der Waals surface area contributed by atoms with Gasteiger partial charge in [-0.25, -0.2) is 4.79 Å². The van der Waals surface area contributed by atoms with Crippen molar-refractivity contribution in [3.8, 4) is 0 Å². The van der Waals surface area contributed by atoms with Gasteiger partial charge < -0.3 is 10.2 Å². The van der Waals surface area contributed by atoms with Crippen LogP contribution in [0.1, 0.15) is 43.2 Å². The van der Waals surface area contributed by atoms with Crippen LogP contribution in [0.25, 0.3) is 0 Å². The van der Waals surface area contributed by atoms with E-state index in [-0.39, 0.29) is 6.03 Å². The first-order chi connectivity index (χ1) is 12.4. The number of nitrogens with zero attached hydrogens (tertiary/aromatic N) is 2. The van der Waals surface area contributed by atoms with Crippen LogP contribution < -0.4 is 5.32 Å². The maximum Gasteiger partial charge on any atom is 0.416 e. The molecular weight excluding hydrogens is 343 g/mol. The maximum absolute atomic E-state index is 12.8. The highest BCUT2D eigenvalue weighted by Gasteiger charge is 2.30. The van der Waals surface area contributed by atoms with Crippen molar-refractivity contribution in [2.45, 2.75) is 50.9 Å². The second-order valence-corrected chi connectivity index (χ2v) is 7.25. The summed E-state index contributed by atoms with van der Waals surface area (Å²) < 4.78 is 38.4. The number of carbonyl (C=O) groups excluding carboxylic acids is 1. The first-order valence-corrected chi connectivity index (χ1v) is 9.36. The maximum atomic E-state index is 12.8. The predicted octanol–water partition coefficient (Wildman–Crippen LogP) is 3.87. The fraction of sp³-hybridized carbons (Fsp3) is 0.632. The van der Waals surface area contributed by atoms with Crippen molar-refractivity contribution < 1.29 is 18.0 Å². The molecule has 1 N–H and O–H groups in total. The standard InChI is InChI=1S/C19H26F3N3O/c20-19(21,22)16-6-4-5-15(13-16)14-24-9-11-25(12-10-24)18(26)23-17-7-2-1-3-8-17/h4-6,13,17H,1-3,7-12,14H2,(H,23,26). The molecule has 1 heterocycles. The van der Waals surface area contributed by atoms with E-state index in [1.54, 1.807) is 6.07 Å². The highest BCUT2D eigenvalue weighted by molar-refractivity contribution is 5.74. The zero-order chi connectivity index (χ0) is 18.6. The molecule has 1 saturated heterocycles. The molecule has 2 aliphatic rings. The van der Waals surface area contributed by atoms with Crippen molar-refractivity contribution in [2.24, 2.45) is 0 Å². The van der Waals surface area contributed by atoms with Crippen LogP contribution in [0.2, 0.25) is 0 Å². The molecule has 0 unspecified atom stereocenters. The number of rotatable bonds is 3. The Morgan fingerprint density at radius 2 is 1.77 bits per heavy atom. The summed E-state index contributed by atoms with van der Waals surface area (Å²) in [7, 11) is 0. The van der Waals surface area contributed by atoms with Crippen molar-refractivity contribution in [2.75, 3.05) is 26.2 Å². The van der Waals surface area contributed by atoms with Gasteiger partial charge in [-0.15, -0.1) is 0 Å². The third-order valence-electron chi connectivity index (χ3n) is 5.25. The van der Waals surface area contributed by atoms with Crippen LogP contribution in [0.5, 0.6) is 0 Å². The van der Waals surface area contributed by atoms with Gasteiger partial charge in [-0.3, -0.25) is 4.90 Å². The topological polar surface area (TPSA) is 35.6 Å². The molecule has 7 heteroatoms. The predicted molar refractivity (Wildman–Crippen MR) is 93.7 cm³/mol. The number of hydrogen-bond acceptors (Lipinski definition) is 2. The van der Waals surface area contributed by atoms with Gasteiger partial charge in [-0.1, -0.05) is 37.5 Å². The van der Waals surface area contributed by atoms with Gasteiger partial charge in [0.05, 0.1) is 5.56 Å². The molecule has 4 nitrogen and oxygen atoms in total. The Labute approximate surface area is 152 Å². The largest absolute Gasteiger partial charge is 0.416 e. The molecule has 1 aliphatic carbocycles. The van der Waals surface area contributed by atoms with Crippen molar-refractivity contribution in [1.29, 1.82) is 0 Å². The van der Waals surface area contributed by atoms with Gasteiger partial charge in [0.2, 0.25) is 0 Å². The summed E-state index contributed by atoms with van der Waals surface area (Å²) in [4.78, 5) is 16.3. The van der Waals surface area contributed by atoms with E-state index in [2.05, 4.69) is 10.2 Å². The van der Waals surface area contributed by atoms with Gasteiger partial charge in [0.1, 0.15) is 0 Å². The summed E-state index contributed by atoms with van der Waals surface area (Å²) >= 11 is 0. The molecule has 0 spiro atoms. The Morgan fingerprint density at radius 3 is 2.42 bits per heavy atom. The number of nitrogens with one attached hydrogen (secondary N) is 1. The van der Waals surface area contributed by atoms with E-state index in [0.29, 0.717) is 44.3 Å². The van der Waals surface area contributed by atoms with Crippen LogP contribution in [0, 0.1) is 0 Å². The number of benzene rings is 1. The van der Waals surface area contributed by atoms with Gasteiger partial charge >= 0.3 is 12.2 Å². The number of amides is 2. The van der Waals surface area contributed by atoms with Crippen LogP contribution >= 0.6 is 0 Å². The van der Waals surface area contributed by atoms with E-state index in [0.717, 1.165) is 18.9 Å². The van der Waals surface area contributed by atoms with E-state index < -0.39 is 11.7 Å². The average Bonchev–Trinajstić information content (AvgIpc) is 2.63. The molecule has 3 rings (SSSR count). The second-order valence-electron chi connectivity index (χ2n) is 7.25. The summed E-state index contributed by atoms with van der Waals surface area (Å²) in [6.07, 6.45) is 1.40. The van der Waals surface area contributed by atoms with Gasteiger partial charge in [0.15, 0.2) is 0 Å². The summed E-state index contributed by atoms with van der Waals surface area (Å²) in [5.41, 5.74) is 0.0421. The number of halogens is 3. The zero-order valence-corrected chi connectivity index (χ0v) is 14.9. The van der Waals surface area contributed by atoms with Crippen LogP contribution in [0.4, 0.5) is 18.0 Å². The smallest absolute Gasteiger partial charge is 0.335 e. The monoisotopic (exact) mass is 369 g/mol. The lowest BCUT2D eigenvalue weighted by Gasteiger charge is -2.36. The Morgan fingerprint density at radius 1 is 1.08 bits per heavy atom. The lowest BCUT2D eigenvalue weighted by molar-refractivity contribution is -0.137. The molecule has 1 saturated carbocycles. The molecule has 1 aliphatic heterocycles. The van der Waals surface area contributed by atoms with E-state index in [1.807, 2.05) is 4.90 Å². The van der Waals surface area contributed by atoms with E-state index in [4.69, 9.17) is 0 Å². The molecule has 144 valence electrons. The Bertz CT molecular complexity index is 606. The van der Waals surface area contributed by atoms with E-state index in [9.17, 15) is 18.0 Å². The third-order valence-corrected chi connectivity index (χ3v) is 5.25. The number of alkyl halides is 3. The van der Waals surface area contributed by atoms with Crippen molar-refractivity contribution in [3.05, 3.63) is 35.4 Å². The molecule has 2 fully saturated rings. The summed E-state index contributed by atoms with van der Waals surface area (Å²) in [5.74, 6) is 0. The first kappa shape index (κ1) is 19.0. The molecule has 0 radical (unpaired) electrons. The van der Waals surface area contributed by atoms with Crippen molar-refractivity contribution >= 4 is 6.03 Å². The summed E-state index contributed by atoms with van der Waals surface area (Å²) in [6.45, 7) is 3.04. The lowest BCUT2D eigenvalue weighted by Crippen LogP contribution is -2.53. The molecule has 1 aromatic carbocycles. The molecule has 2 amide bonds. The minimum atomic E-state index is -4.31. The second kappa shape index (κ2) is 8.29. The fourth-order valence-electron chi connectivity index (χ4n) is 3.73. The number of carbonyl (C=O) groups is 1. The minimum Gasteiger partial charge on any atom is -0.335 e. The third kappa shape index (κ3) is 5.13. The Hall–Kier alpha value is -1.76. The lowest BCUT2D eigenvalue weighted by atomic mass is 9.96. The van der Waals surface area contributed by atoms with Gasteiger partial charge in [0.25, 0.3) is 0 Å². The SMILES string of the molecule is O=C(NC1CCCCC1)N1CCN(Cc2cccc(C(F)(F)F)c2)CC1. The molecule has 0 atom stereocenters. The fourth-order valence-corrected chi connectivity index (χ4v) is 3.73. The number of urea groups is 1. The average molecular weight is 369 g/mol. The van der Waals surface area contributed by atoms with Crippen LogP contribution in [0.15, 0.2) is 24.3 Å². The summed E-state index contributed by atoms with van der Waals surface area (Å²) in [6, 6.07) is 5.76. The highest BCUT2D eigenvalue weighted by Crippen LogP contribution is 2.29. The van der Waals surface area contributed by atoms with E-state index in [1.165, 1.54) is 31.4 Å². The van der Waals surface area contributed by atoms with Crippen molar-refractivity contribution in [3.63, 3.8) is 0 Å². The number of piperazine rings is 1. The minimum absolute atomic E-state index is 0.00406. The molecule has 0 aromatic heterocycles. The molecule has 0 bridgehead atoms. The highest BCUT2D eigenvalue weighted by atomic mass is 19.4. The first-order valence-electron chi connectivity index (χ1n) is 9.36. The van der Waals surface area contributed by atoms with Gasteiger partial charge in [0, 0.05) is 38.8 Å². The van der Waals surface area contributed by atoms with Gasteiger partial charge in [-0.2, -0.15) is 13.2 Å². The van der Waals surface area contributed by atoms with Crippen LogP contribution in [0.3, 0.4) is 0 Å². The van der Waals surface area contributed by atoms with Crippen LogP contribution in [-0.2, 0) is 12.7 Å². The van der Waals surface area contributed by atoms with Crippen LogP contribution in [-0.4, -0.2) is 48.1 Å². The number of hydrogen-bond donors (Lipinski definition) is 1. The Balaban J connectivity index is 1.47. The Kier molecular flexibility index (Phi) is 6.06. The zero-order valence-electron chi connectivity index (χ0n) is 14.9.